The van der Waals surface area contributed by atoms with E-state index in [1.54, 1.807) is 29.9 Å². The first-order valence-electron chi connectivity index (χ1n) is 7.71. The van der Waals surface area contributed by atoms with Gasteiger partial charge in [-0.25, -0.2) is 4.79 Å². The summed E-state index contributed by atoms with van der Waals surface area (Å²) in [6, 6.07) is 1.46. The number of likely N-dealkylation sites (tertiary alicyclic amines) is 1. The van der Waals surface area contributed by atoms with Gasteiger partial charge >= 0.3 is 5.97 Å². The first-order valence-corrected chi connectivity index (χ1v) is 7.71. The third kappa shape index (κ3) is 3.81. The van der Waals surface area contributed by atoms with Crippen LogP contribution in [0.4, 0.5) is 0 Å². The van der Waals surface area contributed by atoms with Crippen molar-refractivity contribution in [1.82, 2.24) is 20.0 Å². The SMILES string of the molecule is COC(=O)/C=C/CNC(=O)[C@@H]1CCC(=O)N(C)[C@H]1c1ccnn1C. The fraction of sp³-hybridized carbons (Fsp3) is 0.500. The van der Waals surface area contributed by atoms with Crippen LogP contribution in [0.3, 0.4) is 0 Å². The smallest absolute Gasteiger partial charge is 0.330 e. The second kappa shape index (κ2) is 7.76. The summed E-state index contributed by atoms with van der Waals surface area (Å²) in [5, 5.41) is 6.91. The first kappa shape index (κ1) is 17.7. The van der Waals surface area contributed by atoms with Gasteiger partial charge in [-0.1, -0.05) is 6.08 Å². The van der Waals surface area contributed by atoms with Crippen molar-refractivity contribution in [1.29, 1.82) is 0 Å². The van der Waals surface area contributed by atoms with Crippen molar-refractivity contribution in [3.8, 4) is 0 Å². The van der Waals surface area contributed by atoms with Crippen molar-refractivity contribution in [2.45, 2.75) is 18.9 Å². The van der Waals surface area contributed by atoms with Crippen molar-refractivity contribution in [3.05, 3.63) is 30.1 Å². The number of amides is 2. The minimum absolute atomic E-state index is 0.0100. The Bertz CT molecular complexity index is 652. The van der Waals surface area contributed by atoms with E-state index in [1.807, 2.05) is 6.07 Å². The van der Waals surface area contributed by atoms with Crippen molar-refractivity contribution in [2.24, 2.45) is 13.0 Å². The Balaban J connectivity index is 2.09. The second-order valence-electron chi connectivity index (χ2n) is 5.65. The summed E-state index contributed by atoms with van der Waals surface area (Å²) in [5.41, 5.74) is 0.816. The lowest BCUT2D eigenvalue weighted by atomic mass is 9.86. The van der Waals surface area contributed by atoms with Gasteiger partial charge < -0.3 is 15.0 Å². The van der Waals surface area contributed by atoms with E-state index >= 15 is 0 Å². The molecular formula is C16H22N4O4. The summed E-state index contributed by atoms with van der Waals surface area (Å²) >= 11 is 0. The van der Waals surface area contributed by atoms with Crippen LogP contribution in [0, 0.1) is 5.92 Å². The highest BCUT2D eigenvalue weighted by molar-refractivity contribution is 5.85. The lowest BCUT2D eigenvalue weighted by molar-refractivity contribution is -0.142. The van der Waals surface area contributed by atoms with Crippen LogP contribution in [0.5, 0.6) is 0 Å². The van der Waals surface area contributed by atoms with Gasteiger partial charge in [0, 0.05) is 39.3 Å². The van der Waals surface area contributed by atoms with Gasteiger partial charge in [-0.15, -0.1) is 0 Å². The molecule has 24 heavy (non-hydrogen) atoms. The number of methoxy groups -OCH3 is 1. The summed E-state index contributed by atoms with van der Waals surface area (Å²) < 4.78 is 6.16. The number of hydrogen-bond acceptors (Lipinski definition) is 5. The minimum Gasteiger partial charge on any atom is -0.466 e. The molecule has 0 aromatic carbocycles. The number of hydrogen-bond donors (Lipinski definition) is 1. The van der Waals surface area contributed by atoms with Gasteiger partial charge in [0.1, 0.15) is 0 Å². The quantitative estimate of drug-likeness (QED) is 0.612. The van der Waals surface area contributed by atoms with E-state index in [0.717, 1.165) is 5.69 Å². The molecule has 1 fully saturated rings. The number of carbonyl (C=O) groups is 3. The summed E-state index contributed by atoms with van der Waals surface area (Å²) in [4.78, 5) is 37.2. The predicted molar refractivity (Wildman–Crippen MR) is 85.6 cm³/mol. The van der Waals surface area contributed by atoms with Gasteiger partial charge in [0.2, 0.25) is 11.8 Å². The zero-order valence-electron chi connectivity index (χ0n) is 14.1. The lowest BCUT2D eigenvalue weighted by Crippen LogP contribution is -2.47. The van der Waals surface area contributed by atoms with Crippen molar-refractivity contribution < 1.29 is 19.1 Å². The Morgan fingerprint density at radius 2 is 2.21 bits per heavy atom. The summed E-state index contributed by atoms with van der Waals surface area (Å²) in [5.74, 6) is -0.986. The topological polar surface area (TPSA) is 93.5 Å². The molecule has 8 nitrogen and oxygen atoms in total. The summed E-state index contributed by atoms with van der Waals surface area (Å²) in [7, 11) is 4.78. The molecule has 2 atom stereocenters. The van der Waals surface area contributed by atoms with Crippen molar-refractivity contribution in [2.75, 3.05) is 20.7 Å². The fourth-order valence-corrected chi connectivity index (χ4v) is 2.91. The molecule has 0 radical (unpaired) electrons. The van der Waals surface area contributed by atoms with Crippen molar-refractivity contribution >= 4 is 17.8 Å². The van der Waals surface area contributed by atoms with E-state index in [-0.39, 0.29) is 30.3 Å². The van der Waals surface area contributed by atoms with E-state index in [0.29, 0.717) is 12.8 Å². The molecule has 0 unspecified atom stereocenters. The van der Waals surface area contributed by atoms with E-state index in [4.69, 9.17) is 0 Å². The molecule has 0 aliphatic carbocycles. The molecule has 130 valence electrons. The van der Waals surface area contributed by atoms with Crippen LogP contribution >= 0.6 is 0 Å². The van der Waals surface area contributed by atoms with Gasteiger partial charge in [0.25, 0.3) is 0 Å². The normalized spacial score (nSPS) is 21.1. The number of nitrogens with one attached hydrogen (secondary N) is 1. The Morgan fingerprint density at radius 3 is 2.83 bits per heavy atom. The van der Waals surface area contributed by atoms with Crippen LogP contribution in [-0.2, 0) is 26.2 Å². The number of rotatable bonds is 5. The maximum absolute atomic E-state index is 12.6. The first-order chi connectivity index (χ1) is 11.5. The van der Waals surface area contributed by atoms with Crippen LogP contribution in [0.1, 0.15) is 24.6 Å². The number of aryl methyl sites for hydroxylation is 1. The monoisotopic (exact) mass is 334 g/mol. The fourth-order valence-electron chi connectivity index (χ4n) is 2.91. The molecule has 1 aliphatic rings. The number of esters is 1. The van der Waals surface area contributed by atoms with Gasteiger partial charge in [-0.2, -0.15) is 5.10 Å². The van der Waals surface area contributed by atoms with E-state index in [2.05, 4.69) is 15.2 Å². The van der Waals surface area contributed by atoms with Crippen LogP contribution in [0.15, 0.2) is 24.4 Å². The number of carbonyl (C=O) groups excluding carboxylic acids is 3. The third-order valence-electron chi connectivity index (χ3n) is 4.21. The van der Waals surface area contributed by atoms with Crippen LogP contribution < -0.4 is 5.32 Å². The molecule has 8 heteroatoms. The molecule has 1 N–H and O–H groups in total. The molecule has 1 aromatic heterocycles. The molecule has 1 aliphatic heterocycles. The van der Waals surface area contributed by atoms with Crippen LogP contribution in [0.25, 0.3) is 0 Å². The number of nitrogens with zero attached hydrogens (tertiary/aromatic N) is 3. The van der Waals surface area contributed by atoms with Crippen LogP contribution in [0.2, 0.25) is 0 Å². The Morgan fingerprint density at radius 1 is 1.46 bits per heavy atom. The third-order valence-corrected chi connectivity index (χ3v) is 4.21. The number of aromatic nitrogens is 2. The molecule has 2 heterocycles. The van der Waals surface area contributed by atoms with E-state index < -0.39 is 5.97 Å². The zero-order valence-corrected chi connectivity index (χ0v) is 14.1. The lowest BCUT2D eigenvalue weighted by Gasteiger charge is -2.38. The summed E-state index contributed by atoms with van der Waals surface area (Å²) in [6.07, 6.45) is 5.25. The Hall–Kier alpha value is -2.64. The molecule has 1 aromatic rings. The Labute approximate surface area is 140 Å². The van der Waals surface area contributed by atoms with Gasteiger partial charge in [-0.05, 0) is 12.5 Å². The molecule has 0 bridgehead atoms. The van der Waals surface area contributed by atoms with Crippen molar-refractivity contribution in [3.63, 3.8) is 0 Å². The minimum atomic E-state index is -0.472. The molecule has 1 saturated heterocycles. The molecule has 0 spiro atoms. The predicted octanol–water partition coefficient (Wildman–Crippen LogP) is 0.175. The standard InChI is InChI=1S/C16H22N4O4/c1-19-13(21)7-6-11(15(19)12-8-10-18-20(12)2)16(23)17-9-4-5-14(22)24-3/h4-5,8,10-11,15H,6-7,9H2,1-3H3,(H,17,23)/b5-4+/t11-,15-/m1/s1. The zero-order chi connectivity index (χ0) is 17.7. The largest absolute Gasteiger partial charge is 0.466 e. The molecular weight excluding hydrogens is 312 g/mol. The Kier molecular flexibility index (Phi) is 5.73. The van der Waals surface area contributed by atoms with E-state index in [1.165, 1.54) is 19.3 Å². The maximum atomic E-state index is 12.6. The summed E-state index contributed by atoms with van der Waals surface area (Å²) in [6.45, 7) is 0.222. The average Bonchev–Trinajstić information content (AvgIpc) is 2.99. The highest BCUT2D eigenvalue weighted by Gasteiger charge is 2.39. The van der Waals surface area contributed by atoms with Gasteiger partial charge in [-0.3, -0.25) is 14.3 Å². The molecule has 0 saturated carbocycles. The van der Waals surface area contributed by atoms with Crippen LogP contribution in [-0.4, -0.2) is 53.2 Å². The highest BCUT2D eigenvalue weighted by Crippen LogP contribution is 2.35. The number of piperidine rings is 1. The van der Waals surface area contributed by atoms with Gasteiger partial charge in [0.05, 0.1) is 24.8 Å². The molecule has 2 rings (SSSR count). The number of ether oxygens (including phenoxy) is 1. The van der Waals surface area contributed by atoms with E-state index in [9.17, 15) is 14.4 Å². The molecule has 2 amide bonds. The maximum Gasteiger partial charge on any atom is 0.330 e. The highest BCUT2D eigenvalue weighted by atomic mass is 16.5. The average molecular weight is 334 g/mol. The van der Waals surface area contributed by atoms with Gasteiger partial charge in [0.15, 0.2) is 0 Å². The second-order valence-corrected chi connectivity index (χ2v) is 5.65.